The van der Waals surface area contributed by atoms with Crippen molar-refractivity contribution in [2.45, 2.75) is 38.3 Å². The Balaban J connectivity index is 1.97. The van der Waals surface area contributed by atoms with Crippen molar-refractivity contribution in [3.8, 4) is 0 Å². The van der Waals surface area contributed by atoms with Crippen molar-refractivity contribution in [3.63, 3.8) is 0 Å². The minimum atomic E-state index is -0.233. The molecule has 1 amide bonds. The highest BCUT2D eigenvalue weighted by molar-refractivity contribution is 5.97. The van der Waals surface area contributed by atoms with E-state index in [1.54, 1.807) is 18.0 Å². The van der Waals surface area contributed by atoms with Crippen LogP contribution in [0.1, 0.15) is 36.7 Å². The molecule has 3 N–H and O–H groups in total. The predicted octanol–water partition coefficient (Wildman–Crippen LogP) is 0.784. The van der Waals surface area contributed by atoms with Crippen LogP contribution in [0.3, 0.4) is 0 Å². The van der Waals surface area contributed by atoms with Crippen LogP contribution in [0.4, 0.5) is 5.69 Å². The molecule has 18 heavy (non-hydrogen) atoms. The van der Waals surface area contributed by atoms with E-state index in [2.05, 4.69) is 10.4 Å². The van der Waals surface area contributed by atoms with E-state index in [-0.39, 0.29) is 11.5 Å². The lowest BCUT2D eigenvalue weighted by molar-refractivity contribution is -0.0679. The van der Waals surface area contributed by atoms with E-state index in [1.165, 1.54) is 0 Å². The summed E-state index contributed by atoms with van der Waals surface area (Å²) in [6, 6.07) is 0. The van der Waals surface area contributed by atoms with Gasteiger partial charge in [-0.15, -0.1) is 0 Å². The van der Waals surface area contributed by atoms with Gasteiger partial charge in [-0.25, -0.2) is 0 Å². The summed E-state index contributed by atoms with van der Waals surface area (Å²) < 4.78 is 7.10. The highest BCUT2D eigenvalue weighted by Gasteiger charge is 2.37. The van der Waals surface area contributed by atoms with Crippen LogP contribution in [0.2, 0.25) is 0 Å². The van der Waals surface area contributed by atoms with Crippen LogP contribution in [0.15, 0.2) is 6.20 Å². The number of anilines is 1. The third kappa shape index (κ3) is 2.33. The van der Waals surface area contributed by atoms with Gasteiger partial charge in [-0.05, 0) is 26.2 Å². The van der Waals surface area contributed by atoms with E-state index < -0.39 is 0 Å². The first kappa shape index (κ1) is 12.9. The molecule has 0 spiro atoms. The summed E-state index contributed by atoms with van der Waals surface area (Å²) in [5.74, 6) is -0.233. The first-order chi connectivity index (χ1) is 8.60. The number of methoxy groups -OCH3 is 1. The smallest absolute Gasteiger partial charge is 0.274 e. The molecule has 0 bridgehead atoms. The van der Waals surface area contributed by atoms with Crippen LogP contribution < -0.4 is 11.1 Å². The standard InChI is InChI=1S/C12H20N4O2/c1-3-16-7-9(13)10(15-16)11(17)14-8-12(18-2)5-4-6-12/h7H,3-6,8,13H2,1-2H3,(H,14,17). The lowest BCUT2D eigenvalue weighted by atomic mass is 9.80. The molecular formula is C12H20N4O2. The molecule has 1 aliphatic carbocycles. The van der Waals surface area contributed by atoms with Crippen molar-refractivity contribution in [1.82, 2.24) is 15.1 Å². The van der Waals surface area contributed by atoms with Crippen molar-refractivity contribution < 1.29 is 9.53 Å². The quantitative estimate of drug-likeness (QED) is 0.811. The number of hydrogen-bond donors (Lipinski definition) is 2. The molecule has 6 heteroatoms. The second kappa shape index (κ2) is 4.97. The number of hydrogen-bond acceptors (Lipinski definition) is 4. The van der Waals surface area contributed by atoms with Gasteiger partial charge in [0.05, 0.1) is 11.3 Å². The molecule has 1 aromatic rings. The zero-order valence-electron chi connectivity index (χ0n) is 10.9. The SMILES string of the molecule is CCn1cc(N)c(C(=O)NCC2(OC)CCC2)n1. The predicted molar refractivity (Wildman–Crippen MR) is 68.2 cm³/mol. The summed E-state index contributed by atoms with van der Waals surface area (Å²) in [6.45, 7) is 3.16. The van der Waals surface area contributed by atoms with Crippen molar-refractivity contribution in [1.29, 1.82) is 0 Å². The Morgan fingerprint density at radius 3 is 2.83 bits per heavy atom. The molecule has 0 radical (unpaired) electrons. The highest BCUT2D eigenvalue weighted by Crippen LogP contribution is 2.34. The number of nitrogens with zero attached hydrogens (tertiary/aromatic N) is 2. The second-order valence-electron chi connectivity index (χ2n) is 4.71. The molecule has 0 saturated heterocycles. The largest absolute Gasteiger partial charge is 0.396 e. The van der Waals surface area contributed by atoms with Gasteiger partial charge in [-0.2, -0.15) is 5.10 Å². The first-order valence-electron chi connectivity index (χ1n) is 6.26. The summed E-state index contributed by atoms with van der Waals surface area (Å²) in [5.41, 5.74) is 6.28. The molecule has 1 heterocycles. The van der Waals surface area contributed by atoms with Crippen LogP contribution in [-0.4, -0.2) is 34.9 Å². The van der Waals surface area contributed by atoms with Crippen molar-refractivity contribution in [3.05, 3.63) is 11.9 Å². The molecule has 0 aromatic carbocycles. The number of carbonyl (C=O) groups excluding carboxylic acids is 1. The van der Waals surface area contributed by atoms with E-state index in [4.69, 9.17) is 10.5 Å². The third-order valence-corrected chi connectivity index (χ3v) is 3.60. The number of aryl methyl sites for hydroxylation is 1. The number of aromatic nitrogens is 2. The van der Waals surface area contributed by atoms with Crippen LogP contribution in [0.5, 0.6) is 0 Å². The fourth-order valence-electron chi connectivity index (χ4n) is 2.12. The molecule has 1 saturated carbocycles. The minimum Gasteiger partial charge on any atom is -0.396 e. The van der Waals surface area contributed by atoms with Crippen LogP contribution in [-0.2, 0) is 11.3 Å². The van der Waals surface area contributed by atoms with Gasteiger partial charge in [0.1, 0.15) is 0 Å². The average molecular weight is 252 g/mol. The number of amides is 1. The van der Waals surface area contributed by atoms with Crippen LogP contribution >= 0.6 is 0 Å². The third-order valence-electron chi connectivity index (χ3n) is 3.60. The normalized spacial score (nSPS) is 17.2. The van der Waals surface area contributed by atoms with Gasteiger partial charge >= 0.3 is 0 Å². The summed E-state index contributed by atoms with van der Waals surface area (Å²) in [6.07, 6.45) is 4.80. The number of rotatable bonds is 5. The van der Waals surface area contributed by atoms with Gasteiger partial charge in [0.2, 0.25) is 0 Å². The molecule has 2 rings (SSSR count). The van der Waals surface area contributed by atoms with Crippen LogP contribution in [0.25, 0.3) is 0 Å². The van der Waals surface area contributed by atoms with Crippen LogP contribution in [0, 0.1) is 0 Å². The summed E-state index contributed by atoms with van der Waals surface area (Å²) in [5, 5.41) is 6.99. The molecular weight excluding hydrogens is 232 g/mol. The molecule has 0 unspecified atom stereocenters. The Labute approximate surface area is 106 Å². The minimum absolute atomic E-state index is 0.183. The van der Waals surface area contributed by atoms with E-state index in [9.17, 15) is 4.79 Å². The molecule has 0 atom stereocenters. The maximum Gasteiger partial charge on any atom is 0.274 e. The Morgan fingerprint density at radius 2 is 2.39 bits per heavy atom. The number of nitrogens with two attached hydrogens (primary N) is 1. The summed E-state index contributed by atoms with van der Waals surface area (Å²) >= 11 is 0. The topological polar surface area (TPSA) is 82.2 Å². The number of ether oxygens (including phenoxy) is 1. The van der Waals surface area contributed by atoms with Gasteiger partial charge in [0.15, 0.2) is 5.69 Å². The fraction of sp³-hybridized carbons (Fsp3) is 0.667. The van der Waals surface area contributed by atoms with Gasteiger partial charge in [0.25, 0.3) is 5.91 Å². The maximum absolute atomic E-state index is 12.0. The molecule has 0 aliphatic heterocycles. The molecule has 1 aliphatic rings. The Hall–Kier alpha value is -1.56. The molecule has 100 valence electrons. The van der Waals surface area contributed by atoms with Crippen molar-refractivity contribution in [2.24, 2.45) is 0 Å². The molecule has 1 aromatic heterocycles. The zero-order valence-corrected chi connectivity index (χ0v) is 10.9. The second-order valence-corrected chi connectivity index (χ2v) is 4.71. The van der Waals surface area contributed by atoms with Gasteiger partial charge in [-0.1, -0.05) is 0 Å². The van der Waals surface area contributed by atoms with Gasteiger partial charge < -0.3 is 15.8 Å². The maximum atomic E-state index is 12.0. The first-order valence-corrected chi connectivity index (χ1v) is 6.26. The van der Waals surface area contributed by atoms with Gasteiger partial charge in [0, 0.05) is 26.4 Å². The number of carbonyl (C=O) groups is 1. The average Bonchev–Trinajstić information content (AvgIpc) is 2.69. The number of nitrogens with one attached hydrogen (secondary N) is 1. The van der Waals surface area contributed by atoms with Gasteiger partial charge in [-0.3, -0.25) is 9.48 Å². The fourth-order valence-corrected chi connectivity index (χ4v) is 2.12. The molecule has 6 nitrogen and oxygen atoms in total. The van der Waals surface area contributed by atoms with Crippen molar-refractivity contribution >= 4 is 11.6 Å². The highest BCUT2D eigenvalue weighted by atomic mass is 16.5. The van der Waals surface area contributed by atoms with E-state index >= 15 is 0 Å². The summed E-state index contributed by atoms with van der Waals surface area (Å²) in [4.78, 5) is 12.0. The van der Waals surface area contributed by atoms with E-state index in [0.29, 0.717) is 24.5 Å². The Kier molecular flexibility index (Phi) is 3.56. The van der Waals surface area contributed by atoms with E-state index in [0.717, 1.165) is 19.3 Å². The van der Waals surface area contributed by atoms with Crippen molar-refractivity contribution in [2.75, 3.05) is 19.4 Å². The number of nitrogen functional groups attached to an aromatic ring is 1. The zero-order chi connectivity index (χ0) is 13.2. The monoisotopic (exact) mass is 252 g/mol. The van der Waals surface area contributed by atoms with E-state index in [1.807, 2.05) is 6.92 Å². The lowest BCUT2D eigenvalue weighted by Gasteiger charge is -2.40. The Morgan fingerprint density at radius 1 is 1.67 bits per heavy atom. The lowest BCUT2D eigenvalue weighted by Crippen LogP contribution is -2.49. The summed E-state index contributed by atoms with van der Waals surface area (Å²) in [7, 11) is 1.69. The Bertz CT molecular complexity index is 432. The molecule has 1 fully saturated rings.